The summed E-state index contributed by atoms with van der Waals surface area (Å²) in [4.78, 5) is 11.5. The lowest BCUT2D eigenvalue weighted by atomic mass is 10.1. The Hall–Kier alpha value is -2.04. The van der Waals surface area contributed by atoms with Crippen molar-refractivity contribution in [3.8, 4) is 11.5 Å². The Labute approximate surface area is 112 Å². The van der Waals surface area contributed by atoms with Gasteiger partial charge in [-0.05, 0) is 18.1 Å². The average Bonchev–Trinajstić information content (AvgIpc) is 2.38. The van der Waals surface area contributed by atoms with E-state index in [1.807, 2.05) is 32.0 Å². The maximum absolute atomic E-state index is 11.5. The molecule has 0 aromatic heterocycles. The Balaban J connectivity index is 2.01. The van der Waals surface area contributed by atoms with Gasteiger partial charge in [0.05, 0.1) is 6.21 Å². The van der Waals surface area contributed by atoms with Crippen molar-refractivity contribution in [2.75, 3.05) is 13.2 Å². The summed E-state index contributed by atoms with van der Waals surface area (Å²) in [6.07, 6.45) is 2.04. The fourth-order valence-corrected chi connectivity index (χ4v) is 1.79. The van der Waals surface area contributed by atoms with Gasteiger partial charge in [-0.2, -0.15) is 5.10 Å². The van der Waals surface area contributed by atoms with E-state index in [4.69, 9.17) is 9.47 Å². The molecule has 0 saturated heterocycles. The lowest BCUT2D eigenvalue weighted by Crippen LogP contribution is -2.19. The first-order chi connectivity index (χ1) is 9.16. The molecule has 1 aliphatic heterocycles. The van der Waals surface area contributed by atoms with Crippen LogP contribution in [0.2, 0.25) is 0 Å². The molecule has 2 rings (SSSR count). The van der Waals surface area contributed by atoms with Gasteiger partial charge in [-0.25, -0.2) is 5.43 Å². The number of para-hydroxylation sites is 1. The van der Waals surface area contributed by atoms with Gasteiger partial charge in [0.15, 0.2) is 11.5 Å². The van der Waals surface area contributed by atoms with Crippen LogP contribution in [0.1, 0.15) is 25.8 Å². The van der Waals surface area contributed by atoms with Crippen molar-refractivity contribution in [2.45, 2.75) is 20.3 Å². The minimum Gasteiger partial charge on any atom is -0.486 e. The van der Waals surface area contributed by atoms with Crippen molar-refractivity contribution in [2.24, 2.45) is 11.0 Å². The minimum atomic E-state index is -0.0896. The molecule has 5 nitrogen and oxygen atoms in total. The Morgan fingerprint density at radius 3 is 3.00 bits per heavy atom. The van der Waals surface area contributed by atoms with Crippen LogP contribution in [0.5, 0.6) is 11.5 Å². The molecular formula is C14H18N2O3. The lowest BCUT2D eigenvalue weighted by Gasteiger charge is -2.19. The third-order valence-electron chi connectivity index (χ3n) is 2.58. The molecule has 19 heavy (non-hydrogen) atoms. The number of ether oxygens (including phenoxy) is 2. The predicted molar refractivity (Wildman–Crippen MR) is 72.6 cm³/mol. The third kappa shape index (κ3) is 3.71. The molecule has 0 spiro atoms. The molecule has 1 heterocycles. The molecule has 0 radical (unpaired) electrons. The van der Waals surface area contributed by atoms with Crippen LogP contribution in [0.3, 0.4) is 0 Å². The summed E-state index contributed by atoms with van der Waals surface area (Å²) in [5, 5.41) is 3.94. The molecule has 0 fully saturated rings. The average molecular weight is 262 g/mol. The summed E-state index contributed by atoms with van der Waals surface area (Å²) >= 11 is 0. The summed E-state index contributed by atoms with van der Waals surface area (Å²) in [7, 11) is 0. The van der Waals surface area contributed by atoms with Gasteiger partial charge in [-0.1, -0.05) is 19.9 Å². The molecule has 1 amide bonds. The number of benzene rings is 1. The monoisotopic (exact) mass is 262 g/mol. The van der Waals surface area contributed by atoms with E-state index in [-0.39, 0.29) is 5.91 Å². The van der Waals surface area contributed by atoms with Crippen LogP contribution in [-0.4, -0.2) is 25.3 Å². The summed E-state index contributed by atoms with van der Waals surface area (Å²) in [5.41, 5.74) is 3.30. The predicted octanol–water partition coefficient (Wildman–Crippen LogP) is 1.95. The van der Waals surface area contributed by atoms with Crippen molar-refractivity contribution < 1.29 is 14.3 Å². The number of nitrogens with one attached hydrogen (secondary N) is 1. The number of carbonyl (C=O) groups excluding carboxylic acids is 1. The van der Waals surface area contributed by atoms with Gasteiger partial charge < -0.3 is 9.47 Å². The molecule has 5 heteroatoms. The van der Waals surface area contributed by atoms with E-state index >= 15 is 0 Å². The molecular weight excluding hydrogens is 244 g/mol. The van der Waals surface area contributed by atoms with E-state index in [9.17, 15) is 4.79 Å². The van der Waals surface area contributed by atoms with Gasteiger partial charge >= 0.3 is 0 Å². The zero-order chi connectivity index (χ0) is 13.7. The van der Waals surface area contributed by atoms with E-state index in [0.717, 1.165) is 5.56 Å². The number of amides is 1. The van der Waals surface area contributed by atoms with Crippen molar-refractivity contribution in [3.05, 3.63) is 23.8 Å². The molecule has 0 aliphatic carbocycles. The van der Waals surface area contributed by atoms with Crippen molar-refractivity contribution in [3.63, 3.8) is 0 Å². The molecule has 0 atom stereocenters. The molecule has 102 valence electrons. The highest BCUT2D eigenvalue weighted by atomic mass is 16.6. The first-order valence-corrected chi connectivity index (χ1v) is 6.37. The smallest absolute Gasteiger partial charge is 0.240 e. The second-order valence-electron chi connectivity index (χ2n) is 4.76. The van der Waals surface area contributed by atoms with E-state index in [0.29, 0.717) is 37.1 Å². The summed E-state index contributed by atoms with van der Waals surface area (Å²) in [5.74, 6) is 1.61. The van der Waals surface area contributed by atoms with Gasteiger partial charge in [0.2, 0.25) is 5.91 Å². The highest BCUT2D eigenvalue weighted by Crippen LogP contribution is 2.32. The van der Waals surface area contributed by atoms with E-state index in [2.05, 4.69) is 10.5 Å². The zero-order valence-electron chi connectivity index (χ0n) is 11.2. The standard InChI is InChI=1S/C14H18N2O3/c1-10(2)8-13(17)16-15-9-11-4-3-5-12-14(11)19-7-6-18-12/h3-5,9-10H,6-8H2,1-2H3,(H,16,17). The SMILES string of the molecule is CC(C)CC(=O)NN=Cc1cccc2c1OCCO2. The highest BCUT2D eigenvalue weighted by molar-refractivity contribution is 5.86. The van der Waals surface area contributed by atoms with Crippen LogP contribution < -0.4 is 14.9 Å². The number of hydrogen-bond donors (Lipinski definition) is 1. The lowest BCUT2D eigenvalue weighted by molar-refractivity contribution is -0.121. The molecule has 0 saturated carbocycles. The molecule has 0 unspecified atom stereocenters. The highest BCUT2D eigenvalue weighted by Gasteiger charge is 2.14. The molecule has 0 bridgehead atoms. The molecule has 1 N–H and O–H groups in total. The van der Waals surface area contributed by atoms with E-state index < -0.39 is 0 Å². The van der Waals surface area contributed by atoms with Gasteiger partial charge in [-0.3, -0.25) is 4.79 Å². The number of hydrogen-bond acceptors (Lipinski definition) is 4. The zero-order valence-corrected chi connectivity index (χ0v) is 11.2. The first kappa shape index (κ1) is 13.4. The number of hydrazone groups is 1. The van der Waals surface area contributed by atoms with Crippen LogP contribution in [-0.2, 0) is 4.79 Å². The topological polar surface area (TPSA) is 59.9 Å². The van der Waals surface area contributed by atoms with Gasteiger partial charge in [0.25, 0.3) is 0 Å². The Morgan fingerprint density at radius 1 is 1.42 bits per heavy atom. The Bertz CT molecular complexity index is 484. The maximum Gasteiger partial charge on any atom is 0.240 e. The normalized spacial score (nSPS) is 13.8. The van der Waals surface area contributed by atoms with Crippen molar-refractivity contribution in [1.82, 2.24) is 5.43 Å². The van der Waals surface area contributed by atoms with Gasteiger partial charge in [0.1, 0.15) is 13.2 Å². The Morgan fingerprint density at radius 2 is 2.21 bits per heavy atom. The quantitative estimate of drug-likeness (QED) is 0.666. The van der Waals surface area contributed by atoms with E-state index in [1.165, 1.54) is 0 Å². The number of rotatable bonds is 4. The van der Waals surface area contributed by atoms with Crippen LogP contribution >= 0.6 is 0 Å². The minimum absolute atomic E-state index is 0.0896. The second kappa shape index (κ2) is 6.22. The number of carbonyl (C=O) groups is 1. The van der Waals surface area contributed by atoms with Crippen molar-refractivity contribution in [1.29, 1.82) is 0 Å². The van der Waals surface area contributed by atoms with Crippen LogP contribution in [0.25, 0.3) is 0 Å². The summed E-state index contributed by atoms with van der Waals surface area (Å²) < 4.78 is 11.0. The maximum atomic E-state index is 11.5. The summed E-state index contributed by atoms with van der Waals surface area (Å²) in [6, 6.07) is 5.58. The van der Waals surface area contributed by atoms with Gasteiger partial charge in [0, 0.05) is 12.0 Å². The fourth-order valence-electron chi connectivity index (χ4n) is 1.79. The largest absolute Gasteiger partial charge is 0.486 e. The Kier molecular flexibility index (Phi) is 4.39. The number of nitrogens with zero attached hydrogens (tertiary/aromatic N) is 1. The second-order valence-corrected chi connectivity index (χ2v) is 4.76. The van der Waals surface area contributed by atoms with Crippen LogP contribution in [0.15, 0.2) is 23.3 Å². The molecule has 1 aromatic carbocycles. The van der Waals surface area contributed by atoms with Crippen LogP contribution in [0, 0.1) is 5.92 Å². The van der Waals surface area contributed by atoms with Crippen LogP contribution in [0.4, 0.5) is 0 Å². The molecule has 1 aliphatic rings. The first-order valence-electron chi connectivity index (χ1n) is 6.37. The van der Waals surface area contributed by atoms with Gasteiger partial charge in [-0.15, -0.1) is 0 Å². The van der Waals surface area contributed by atoms with Crippen molar-refractivity contribution >= 4 is 12.1 Å². The summed E-state index contributed by atoms with van der Waals surface area (Å²) in [6.45, 7) is 5.06. The molecule has 1 aromatic rings. The third-order valence-corrected chi connectivity index (χ3v) is 2.58. The number of fused-ring (bicyclic) bond motifs is 1. The fraction of sp³-hybridized carbons (Fsp3) is 0.429. The van der Waals surface area contributed by atoms with E-state index in [1.54, 1.807) is 6.21 Å².